The van der Waals surface area contributed by atoms with Crippen LogP contribution in [0.2, 0.25) is 0 Å². The van der Waals surface area contributed by atoms with Crippen LogP contribution in [0.4, 0.5) is 0 Å². The Kier molecular flexibility index (Phi) is 4.14. The number of rotatable bonds is 3. The summed E-state index contributed by atoms with van der Waals surface area (Å²) < 4.78 is 0. The van der Waals surface area contributed by atoms with Gasteiger partial charge in [0.15, 0.2) is 0 Å². The number of likely N-dealkylation sites (tertiary alicyclic amines) is 1. The molecule has 0 aromatic carbocycles. The van der Waals surface area contributed by atoms with E-state index in [9.17, 15) is 0 Å². The standard InChI is InChI=1S/C15H30N2/c1-12-5-4-6-15(7-12,10-16)11-17-8-13(2)14(3)9-17/h12-14H,4-11,16H2,1-3H3. The minimum Gasteiger partial charge on any atom is -0.330 e. The molecule has 1 aliphatic carbocycles. The summed E-state index contributed by atoms with van der Waals surface area (Å²) in [5.41, 5.74) is 6.55. The summed E-state index contributed by atoms with van der Waals surface area (Å²) in [6.45, 7) is 11.9. The van der Waals surface area contributed by atoms with Crippen LogP contribution in [0.5, 0.6) is 0 Å². The summed E-state index contributed by atoms with van der Waals surface area (Å²) in [4.78, 5) is 2.68. The predicted octanol–water partition coefficient (Wildman–Crippen LogP) is 2.73. The maximum atomic E-state index is 6.12. The van der Waals surface area contributed by atoms with Gasteiger partial charge in [-0.05, 0) is 42.6 Å². The Labute approximate surface area is 107 Å². The van der Waals surface area contributed by atoms with E-state index in [1.807, 2.05) is 0 Å². The fourth-order valence-electron chi connectivity index (χ4n) is 4.01. The molecule has 2 heteroatoms. The van der Waals surface area contributed by atoms with Crippen LogP contribution in [0.15, 0.2) is 0 Å². The van der Waals surface area contributed by atoms with Gasteiger partial charge in [-0.15, -0.1) is 0 Å². The van der Waals surface area contributed by atoms with Gasteiger partial charge in [-0.25, -0.2) is 0 Å². The van der Waals surface area contributed by atoms with Crippen molar-refractivity contribution in [1.82, 2.24) is 4.90 Å². The number of hydrogen-bond acceptors (Lipinski definition) is 2. The lowest BCUT2D eigenvalue weighted by molar-refractivity contribution is 0.0979. The highest BCUT2D eigenvalue weighted by Gasteiger charge is 2.37. The van der Waals surface area contributed by atoms with Gasteiger partial charge in [0.25, 0.3) is 0 Å². The molecule has 0 aromatic rings. The van der Waals surface area contributed by atoms with Crippen molar-refractivity contribution < 1.29 is 0 Å². The molecule has 0 spiro atoms. The lowest BCUT2D eigenvalue weighted by Crippen LogP contribution is -2.44. The fourth-order valence-corrected chi connectivity index (χ4v) is 4.01. The lowest BCUT2D eigenvalue weighted by Gasteiger charge is -2.42. The van der Waals surface area contributed by atoms with Crippen molar-refractivity contribution in [3.8, 4) is 0 Å². The van der Waals surface area contributed by atoms with E-state index >= 15 is 0 Å². The van der Waals surface area contributed by atoms with Crippen LogP contribution < -0.4 is 5.73 Å². The molecule has 2 N–H and O–H groups in total. The Morgan fingerprint density at radius 2 is 1.82 bits per heavy atom. The zero-order valence-electron chi connectivity index (χ0n) is 11.9. The topological polar surface area (TPSA) is 29.3 Å². The molecule has 2 nitrogen and oxygen atoms in total. The van der Waals surface area contributed by atoms with Crippen molar-refractivity contribution in [3.05, 3.63) is 0 Å². The normalized spacial score (nSPS) is 44.1. The molecule has 1 saturated heterocycles. The van der Waals surface area contributed by atoms with Gasteiger partial charge in [-0.2, -0.15) is 0 Å². The minimum atomic E-state index is 0.432. The summed E-state index contributed by atoms with van der Waals surface area (Å²) in [6.07, 6.45) is 5.50. The molecule has 2 fully saturated rings. The second-order valence-corrected chi connectivity index (χ2v) is 7.05. The molecule has 4 atom stereocenters. The first kappa shape index (κ1) is 13.4. The largest absolute Gasteiger partial charge is 0.330 e. The second-order valence-electron chi connectivity index (χ2n) is 7.05. The molecule has 2 aliphatic rings. The first-order valence-corrected chi connectivity index (χ1v) is 7.47. The first-order valence-electron chi connectivity index (χ1n) is 7.47. The molecule has 1 heterocycles. The number of nitrogens with two attached hydrogens (primary N) is 1. The highest BCUT2D eigenvalue weighted by molar-refractivity contribution is 4.91. The fraction of sp³-hybridized carbons (Fsp3) is 1.00. The summed E-state index contributed by atoms with van der Waals surface area (Å²) in [5, 5.41) is 0. The van der Waals surface area contributed by atoms with Crippen LogP contribution in [0.25, 0.3) is 0 Å². The molecule has 2 rings (SSSR count). The van der Waals surface area contributed by atoms with E-state index in [1.54, 1.807) is 0 Å². The van der Waals surface area contributed by atoms with E-state index in [1.165, 1.54) is 45.3 Å². The van der Waals surface area contributed by atoms with Gasteiger partial charge < -0.3 is 10.6 Å². The van der Waals surface area contributed by atoms with Crippen LogP contribution in [0.1, 0.15) is 46.5 Å². The average molecular weight is 238 g/mol. The highest BCUT2D eigenvalue weighted by Crippen LogP contribution is 2.40. The van der Waals surface area contributed by atoms with E-state index in [2.05, 4.69) is 25.7 Å². The molecule has 17 heavy (non-hydrogen) atoms. The minimum absolute atomic E-state index is 0.432. The van der Waals surface area contributed by atoms with Gasteiger partial charge in [0.2, 0.25) is 0 Å². The zero-order chi connectivity index (χ0) is 12.5. The third-order valence-corrected chi connectivity index (χ3v) is 5.24. The van der Waals surface area contributed by atoms with Gasteiger partial charge in [-0.1, -0.05) is 33.6 Å². The Balaban J connectivity index is 1.95. The molecule has 1 aliphatic heterocycles. The molecule has 0 amide bonds. The van der Waals surface area contributed by atoms with Gasteiger partial charge in [-0.3, -0.25) is 0 Å². The van der Waals surface area contributed by atoms with Crippen LogP contribution in [0, 0.1) is 23.2 Å². The molecule has 0 bridgehead atoms. The van der Waals surface area contributed by atoms with Crippen molar-refractivity contribution in [2.45, 2.75) is 46.5 Å². The number of hydrogen-bond donors (Lipinski definition) is 1. The molecule has 0 radical (unpaired) electrons. The third-order valence-electron chi connectivity index (χ3n) is 5.24. The van der Waals surface area contributed by atoms with Crippen molar-refractivity contribution in [1.29, 1.82) is 0 Å². The van der Waals surface area contributed by atoms with Crippen LogP contribution >= 0.6 is 0 Å². The molecular formula is C15H30N2. The van der Waals surface area contributed by atoms with E-state index in [0.717, 1.165) is 24.3 Å². The Morgan fingerprint density at radius 3 is 2.35 bits per heavy atom. The summed E-state index contributed by atoms with van der Waals surface area (Å²) >= 11 is 0. The van der Waals surface area contributed by atoms with E-state index in [0.29, 0.717) is 5.41 Å². The molecule has 100 valence electrons. The van der Waals surface area contributed by atoms with E-state index < -0.39 is 0 Å². The Morgan fingerprint density at radius 1 is 1.18 bits per heavy atom. The second kappa shape index (κ2) is 5.27. The van der Waals surface area contributed by atoms with Gasteiger partial charge in [0.1, 0.15) is 0 Å². The maximum absolute atomic E-state index is 6.12. The van der Waals surface area contributed by atoms with Crippen molar-refractivity contribution >= 4 is 0 Å². The molecular weight excluding hydrogens is 208 g/mol. The van der Waals surface area contributed by atoms with Crippen LogP contribution in [-0.2, 0) is 0 Å². The Hall–Kier alpha value is -0.0800. The Bertz CT molecular complexity index is 243. The number of nitrogens with zero attached hydrogens (tertiary/aromatic N) is 1. The smallest absolute Gasteiger partial charge is 0.00504 e. The summed E-state index contributed by atoms with van der Waals surface area (Å²) in [5.74, 6) is 2.61. The predicted molar refractivity (Wildman–Crippen MR) is 73.9 cm³/mol. The van der Waals surface area contributed by atoms with Crippen LogP contribution in [-0.4, -0.2) is 31.1 Å². The van der Waals surface area contributed by atoms with Gasteiger partial charge in [0, 0.05) is 19.6 Å². The van der Waals surface area contributed by atoms with Crippen molar-refractivity contribution in [2.24, 2.45) is 28.9 Å². The zero-order valence-corrected chi connectivity index (χ0v) is 11.9. The first-order chi connectivity index (χ1) is 8.04. The van der Waals surface area contributed by atoms with Gasteiger partial charge >= 0.3 is 0 Å². The molecule has 4 unspecified atom stereocenters. The van der Waals surface area contributed by atoms with E-state index in [4.69, 9.17) is 5.73 Å². The van der Waals surface area contributed by atoms with E-state index in [-0.39, 0.29) is 0 Å². The lowest BCUT2D eigenvalue weighted by atomic mass is 9.70. The van der Waals surface area contributed by atoms with Crippen molar-refractivity contribution in [3.63, 3.8) is 0 Å². The molecule has 1 saturated carbocycles. The quantitative estimate of drug-likeness (QED) is 0.819. The summed E-state index contributed by atoms with van der Waals surface area (Å²) in [7, 11) is 0. The van der Waals surface area contributed by atoms with Crippen molar-refractivity contribution in [2.75, 3.05) is 26.2 Å². The van der Waals surface area contributed by atoms with Gasteiger partial charge in [0.05, 0.1) is 0 Å². The summed E-state index contributed by atoms with van der Waals surface area (Å²) in [6, 6.07) is 0. The van der Waals surface area contributed by atoms with Crippen LogP contribution in [0.3, 0.4) is 0 Å². The average Bonchev–Trinajstić information content (AvgIpc) is 2.57. The monoisotopic (exact) mass is 238 g/mol. The third kappa shape index (κ3) is 3.03. The highest BCUT2D eigenvalue weighted by atomic mass is 15.2. The molecule has 0 aromatic heterocycles. The SMILES string of the molecule is CC1CCCC(CN)(CN2CC(C)C(C)C2)C1. The maximum Gasteiger partial charge on any atom is 0.00504 e.